The van der Waals surface area contributed by atoms with Gasteiger partial charge in [0.05, 0.1) is 23.3 Å². The number of aromatic amines is 1. The molecule has 2 aromatic rings. The lowest BCUT2D eigenvalue weighted by Crippen LogP contribution is -2.43. The highest BCUT2D eigenvalue weighted by Gasteiger charge is 2.27. The molecule has 2 N–H and O–H groups in total. The molecule has 2 unspecified atom stereocenters. The predicted octanol–water partition coefficient (Wildman–Crippen LogP) is 3.03. The fourth-order valence-corrected chi connectivity index (χ4v) is 3.60. The highest BCUT2D eigenvalue weighted by Crippen LogP contribution is 2.27. The molecular weight excluding hydrogens is 320 g/mol. The number of aliphatic hydroxyl groups is 1. The van der Waals surface area contributed by atoms with Crippen LogP contribution in [0.2, 0.25) is 0 Å². The zero-order chi connectivity index (χ0) is 18.0. The maximum Gasteiger partial charge on any atom is 0.270 e. The summed E-state index contributed by atoms with van der Waals surface area (Å²) in [5, 5.41) is 21.2. The first-order valence-corrected chi connectivity index (χ1v) is 8.64. The Balaban J connectivity index is 1.78. The van der Waals surface area contributed by atoms with Gasteiger partial charge >= 0.3 is 0 Å². The van der Waals surface area contributed by atoms with Crippen LogP contribution < -0.4 is 0 Å². The summed E-state index contributed by atoms with van der Waals surface area (Å²) in [4.78, 5) is 20.6. The van der Waals surface area contributed by atoms with E-state index < -0.39 is 4.92 Å². The van der Waals surface area contributed by atoms with Gasteiger partial charge in [0.15, 0.2) is 0 Å². The molecule has 0 saturated heterocycles. The first-order chi connectivity index (χ1) is 12.0. The van der Waals surface area contributed by atoms with Crippen LogP contribution in [0.15, 0.2) is 24.3 Å². The number of rotatable bonds is 5. The van der Waals surface area contributed by atoms with Crippen molar-refractivity contribution in [1.82, 2.24) is 14.9 Å². The molecule has 1 aromatic carbocycles. The number of hydrogen-bond donors (Lipinski definition) is 2. The predicted molar refractivity (Wildman–Crippen MR) is 95.1 cm³/mol. The quantitative estimate of drug-likeness (QED) is 0.642. The molecule has 3 rings (SSSR count). The van der Waals surface area contributed by atoms with Gasteiger partial charge in [0.2, 0.25) is 0 Å². The maximum absolute atomic E-state index is 11.0. The van der Waals surface area contributed by atoms with Crippen LogP contribution in [0.1, 0.15) is 37.2 Å². The molecule has 0 bridgehead atoms. The molecule has 2 atom stereocenters. The van der Waals surface area contributed by atoms with Gasteiger partial charge in [-0.05, 0) is 26.8 Å². The number of hydrogen-bond acceptors (Lipinski definition) is 5. The summed E-state index contributed by atoms with van der Waals surface area (Å²) in [7, 11) is 2.00. The number of nitrogens with zero attached hydrogens (tertiary/aromatic N) is 3. The summed E-state index contributed by atoms with van der Waals surface area (Å²) in [5.41, 5.74) is 2.41. The van der Waals surface area contributed by atoms with Crippen molar-refractivity contribution in [1.29, 1.82) is 0 Å². The van der Waals surface area contributed by atoms with Crippen molar-refractivity contribution < 1.29 is 10.0 Å². The third-order valence-corrected chi connectivity index (χ3v) is 4.92. The van der Waals surface area contributed by atoms with Gasteiger partial charge in [-0.25, -0.2) is 4.98 Å². The molecule has 1 saturated carbocycles. The first kappa shape index (κ1) is 17.6. The molecule has 0 spiro atoms. The lowest BCUT2D eigenvalue weighted by molar-refractivity contribution is -0.384. The van der Waals surface area contributed by atoms with E-state index in [0.29, 0.717) is 6.54 Å². The Morgan fingerprint density at radius 3 is 2.88 bits per heavy atom. The molecule has 25 heavy (non-hydrogen) atoms. The normalized spacial score (nSPS) is 20.8. The summed E-state index contributed by atoms with van der Waals surface area (Å²) < 4.78 is 0. The van der Waals surface area contributed by atoms with Crippen LogP contribution in [0.4, 0.5) is 5.69 Å². The molecule has 1 fully saturated rings. The van der Waals surface area contributed by atoms with Crippen LogP contribution in [0, 0.1) is 17.0 Å². The topological polar surface area (TPSA) is 95.3 Å². The minimum absolute atomic E-state index is 0.0592. The van der Waals surface area contributed by atoms with Gasteiger partial charge in [-0.15, -0.1) is 0 Å². The number of aliphatic hydroxyl groups excluding tert-OH is 1. The van der Waals surface area contributed by atoms with Gasteiger partial charge in [0.25, 0.3) is 5.69 Å². The Bertz CT molecular complexity index is 759. The number of benzene rings is 1. The third-order valence-electron chi connectivity index (χ3n) is 4.92. The molecule has 1 aliphatic rings. The summed E-state index contributed by atoms with van der Waals surface area (Å²) in [5.74, 6) is 0.805. The smallest absolute Gasteiger partial charge is 0.270 e. The third kappa shape index (κ3) is 3.88. The van der Waals surface area contributed by atoms with Crippen LogP contribution in [-0.4, -0.2) is 44.1 Å². The number of nitrogens with one attached hydrogen (secondary N) is 1. The van der Waals surface area contributed by atoms with Crippen LogP contribution in [0.25, 0.3) is 11.3 Å². The van der Waals surface area contributed by atoms with Gasteiger partial charge in [0, 0.05) is 29.4 Å². The summed E-state index contributed by atoms with van der Waals surface area (Å²) in [6.07, 6.45) is 3.79. The average Bonchev–Trinajstić information content (AvgIpc) is 2.95. The monoisotopic (exact) mass is 344 g/mol. The number of nitro groups is 1. The molecule has 1 aromatic heterocycles. The van der Waals surface area contributed by atoms with Crippen molar-refractivity contribution in [3.63, 3.8) is 0 Å². The SMILES string of the molecule is Cc1[nH]c(CN(C)C2CCCCC2O)nc1-c1cccc([N+](=O)[O-])c1. The zero-order valence-corrected chi connectivity index (χ0v) is 14.6. The van der Waals surface area contributed by atoms with Gasteiger partial charge in [0.1, 0.15) is 5.82 Å². The van der Waals surface area contributed by atoms with E-state index in [1.54, 1.807) is 12.1 Å². The molecule has 0 radical (unpaired) electrons. The van der Waals surface area contributed by atoms with Crippen molar-refractivity contribution in [2.24, 2.45) is 0 Å². The number of aryl methyl sites for hydroxylation is 1. The molecule has 7 heteroatoms. The average molecular weight is 344 g/mol. The largest absolute Gasteiger partial charge is 0.391 e. The highest BCUT2D eigenvalue weighted by atomic mass is 16.6. The zero-order valence-electron chi connectivity index (χ0n) is 14.6. The molecule has 1 heterocycles. The molecule has 0 aliphatic heterocycles. The summed E-state index contributed by atoms with van der Waals surface area (Å²) in [6, 6.07) is 6.67. The molecular formula is C18H24N4O3. The van der Waals surface area contributed by atoms with Crippen LogP contribution in [-0.2, 0) is 6.54 Å². The van der Waals surface area contributed by atoms with Crippen molar-refractivity contribution in [2.75, 3.05) is 7.05 Å². The van der Waals surface area contributed by atoms with Gasteiger partial charge in [-0.3, -0.25) is 15.0 Å². The standard InChI is InChI=1S/C18H24N4O3/c1-12-18(13-6-5-7-14(10-13)22(24)25)20-17(19-12)11-21(2)15-8-3-4-9-16(15)23/h5-7,10,15-16,23H,3-4,8-9,11H2,1-2H3,(H,19,20). The second-order valence-corrected chi connectivity index (χ2v) is 6.80. The number of H-pyrrole nitrogens is 1. The van der Waals surface area contributed by atoms with Gasteiger partial charge in [-0.2, -0.15) is 0 Å². The van der Waals surface area contributed by atoms with E-state index in [1.807, 2.05) is 20.0 Å². The summed E-state index contributed by atoms with van der Waals surface area (Å²) in [6.45, 7) is 2.53. The second-order valence-electron chi connectivity index (χ2n) is 6.80. The minimum atomic E-state index is -0.398. The molecule has 1 aliphatic carbocycles. The van der Waals surface area contributed by atoms with Crippen molar-refractivity contribution in [3.8, 4) is 11.3 Å². The Hall–Kier alpha value is -2.25. The number of aromatic nitrogens is 2. The van der Waals surface area contributed by atoms with E-state index >= 15 is 0 Å². The van der Waals surface area contributed by atoms with E-state index in [4.69, 9.17) is 0 Å². The maximum atomic E-state index is 11.0. The fourth-order valence-electron chi connectivity index (χ4n) is 3.60. The second kappa shape index (κ2) is 7.33. The number of likely N-dealkylation sites (N-methyl/N-ethyl adjacent to an activating group) is 1. The van der Waals surface area contributed by atoms with E-state index in [9.17, 15) is 15.2 Å². The molecule has 134 valence electrons. The Morgan fingerprint density at radius 1 is 1.40 bits per heavy atom. The van der Waals surface area contributed by atoms with Gasteiger partial charge in [-0.1, -0.05) is 25.0 Å². The van der Waals surface area contributed by atoms with Crippen LogP contribution >= 0.6 is 0 Å². The number of non-ortho nitro benzene ring substituents is 1. The van der Waals surface area contributed by atoms with Gasteiger partial charge < -0.3 is 10.1 Å². The van der Waals surface area contributed by atoms with Crippen LogP contribution in [0.3, 0.4) is 0 Å². The Labute approximate surface area is 146 Å². The molecule has 0 amide bonds. The summed E-state index contributed by atoms with van der Waals surface area (Å²) >= 11 is 0. The van der Waals surface area contributed by atoms with E-state index in [1.165, 1.54) is 6.07 Å². The lowest BCUT2D eigenvalue weighted by atomic mass is 9.91. The minimum Gasteiger partial charge on any atom is -0.391 e. The Kier molecular flexibility index (Phi) is 5.15. The first-order valence-electron chi connectivity index (χ1n) is 8.64. The Morgan fingerprint density at radius 2 is 2.16 bits per heavy atom. The fraction of sp³-hybridized carbons (Fsp3) is 0.500. The molecule has 7 nitrogen and oxygen atoms in total. The van der Waals surface area contributed by atoms with Crippen molar-refractivity contribution in [3.05, 3.63) is 45.9 Å². The van der Waals surface area contributed by atoms with E-state index in [-0.39, 0.29) is 17.8 Å². The van der Waals surface area contributed by atoms with E-state index in [2.05, 4.69) is 14.9 Å². The van der Waals surface area contributed by atoms with Crippen molar-refractivity contribution >= 4 is 5.69 Å². The van der Waals surface area contributed by atoms with Crippen LogP contribution in [0.5, 0.6) is 0 Å². The lowest BCUT2D eigenvalue weighted by Gasteiger charge is -2.34. The number of nitro benzene ring substituents is 1. The number of imidazole rings is 1. The highest BCUT2D eigenvalue weighted by molar-refractivity contribution is 5.64. The van der Waals surface area contributed by atoms with E-state index in [0.717, 1.165) is 48.5 Å². The van der Waals surface area contributed by atoms with Crippen molar-refractivity contribution in [2.45, 2.75) is 51.3 Å².